The number of hydrogen-bond acceptors (Lipinski definition) is 4. The van der Waals surface area contributed by atoms with Gasteiger partial charge in [-0.2, -0.15) is 0 Å². The van der Waals surface area contributed by atoms with Gasteiger partial charge in [0.1, 0.15) is 5.82 Å². The molecule has 3 rings (SSSR count). The normalized spacial score (nSPS) is 13.5. The number of halogens is 1. The molecule has 0 atom stereocenters. The summed E-state index contributed by atoms with van der Waals surface area (Å²) >= 11 is 0. The number of para-hydroxylation sites is 1. The fourth-order valence-corrected chi connectivity index (χ4v) is 3.04. The Bertz CT molecular complexity index is 867. The Morgan fingerprint density at radius 1 is 1.11 bits per heavy atom. The third-order valence-corrected chi connectivity index (χ3v) is 4.47. The van der Waals surface area contributed by atoms with Gasteiger partial charge in [-0.1, -0.05) is 24.3 Å². The molecule has 0 saturated carbocycles. The highest BCUT2D eigenvalue weighted by Gasteiger charge is 2.26. The van der Waals surface area contributed by atoms with Gasteiger partial charge in [0, 0.05) is 19.5 Å². The number of anilines is 1. The minimum Gasteiger partial charge on any atom is -0.452 e. The van der Waals surface area contributed by atoms with Crippen molar-refractivity contribution in [3.8, 4) is 0 Å². The number of nitrogens with one attached hydrogen (secondary N) is 1. The topological polar surface area (TPSA) is 75.7 Å². The standard InChI is InChI=1S/C21H21FN2O4/c22-16-9-7-15(8-10-16)11-12-23-19(25)14-28-21(27)17-4-1-2-5-18(17)24-13-3-6-20(24)26/h1-2,4-5,7-10H,3,6,11-14H2,(H,23,25). The van der Waals surface area contributed by atoms with Crippen molar-refractivity contribution in [3.63, 3.8) is 0 Å². The smallest absolute Gasteiger partial charge is 0.340 e. The van der Waals surface area contributed by atoms with Crippen LogP contribution in [-0.4, -0.2) is 37.5 Å². The molecule has 0 radical (unpaired) electrons. The second kappa shape index (κ2) is 9.12. The lowest BCUT2D eigenvalue weighted by Crippen LogP contribution is -2.31. The Hall–Kier alpha value is -3.22. The molecule has 2 aromatic carbocycles. The van der Waals surface area contributed by atoms with Crippen LogP contribution in [0.3, 0.4) is 0 Å². The van der Waals surface area contributed by atoms with E-state index in [4.69, 9.17) is 4.74 Å². The van der Waals surface area contributed by atoms with E-state index in [2.05, 4.69) is 5.32 Å². The number of ether oxygens (including phenoxy) is 1. The van der Waals surface area contributed by atoms with Crippen molar-refractivity contribution in [2.45, 2.75) is 19.3 Å². The Morgan fingerprint density at radius 3 is 2.57 bits per heavy atom. The van der Waals surface area contributed by atoms with Gasteiger partial charge < -0.3 is 15.0 Å². The van der Waals surface area contributed by atoms with Crippen molar-refractivity contribution >= 4 is 23.5 Å². The average molecular weight is 384 g/mol. The molecule has 0 spiro atoms. The van der Waals surface area contributed by atoms with Crippen LogP contribution in [0.25, 0.3) is 0 Å². The van der Waals surface area contributed by atoms with Gasteiger partial charge in [-0.15, -0.1) is 0 Å². The van der Waals surface area contributed by atoms with E-state index in [0.29, 0.717) is 31.6 Å². The summed E-state index contributed by atoms with van der Waals surface area (Å²) < 4.78 is 18.0. The quantitative estimate of drug-likeness (QED) is 0.744. The van der Waals surface area contributed by atoms with Crippen molar-refractivity contribution < 1.29 is 23.5 Å². The highest BCUT2D eigenvalue weighted by atomic mass is 19.1. The minimum atomic E-state index is -0.649. The number of amides is 2. The van der Waals surface area contributed by atoms with Gasteiger partial charge in [-0.3, -0.25) is 9.59 Å². The summed E-state index contributed by atoms with van der Waals surface area (Å²) in [5.74, 6) is -1.41. The van der Waals surface area contributed by atoms with E-state index in [1.54, 1.807) is 41.3 Å². The number of benzene rings is 2. The molecule has 1 heterocycles. The molecule has 146 valence electrons. The van der Waals surface area contributed by atoms with E-state index in [-0.39, 0.29) is 17.3 Å². The van der Waals surface area contributed by atoms with Crippen LogP contribution in [0.4, 0.5) is 10.1 Å². The summed E-state index contributed by atoms with van der Waals surface area (Å²) in [5.41, 5.74) is 1.66. The van der Waals surface area contributed by atoms with Crippen molar-refractivity contribution in [1.29, 1.82) is 0 Å². The first kappa shape index (κ1) is 19.5. The highest BCUT2D eigenvalue weighted by Crippen LogP contribution is 2.25. The molecule has 2 aromatic rings. The number of rotatable bonds is 7. The third-order valence-electron chi connectivity index (χ3n) is 4.47. The second-order valence-electron chi connectivity index (χ2n) is 6.47. The van der Waals surface area contributed by atoms with Crippen LogP contribution in [0.1, 0.15) is 28.8 Å². The molecule has 2 amide bonds. The van der Waals surface area contributed by atoms with E-state index < -0.39 is 18.5 Å². The zero-order valence-electron chi connectivity index (χ0n) is 15.3. The van der Waals surface area contributed by atoms with E-state index in [1.165, 1.54) is 12.1 Å². The fraction of sp³-hybridized carbons (Fsp3) is 0.286. The summed E-state index contributed by atoms with van der Waals surface area (Å²) in [5, 5.41) is 2.65. The van der Waals surface area contributed by atoms with Crippen LogP contribution in [-0.2, 0) is 20.7 Å². The molecule has 0 bridgehead atoms. The Labute approximate surface area is 162 Å². The van der Waals surface area contributed by atoms with Gasteiger partial charge >= 0.3 is 5.97 Å². The minimum absolute atomic E-state index is 0.0289. The van der Waals surface area contributed by atoms with Crippen LogP contribution in [0, 0.1) is 5.82 Å². The molecular weight excluding hydrogens is 363 g/mol. The van der Waals surface area contributed by atoms with Crippen molar-refractivity contribution in [2.24, 2.45) is 0 Å². The lowest BCUT2D eigenvalue weighted by atomic mass is 10.1. The van der Waals surface area contributed by atoms with Crippen LogP contribution >= 0.6 is 0 Å². The highest BCUT2D eigenvalue weighted by molar-refractivity contribution is 6.03. The summed E-state index contributed by atoms with van der Waals surface area (Å²) in [6.45, 7) is 0.498. The zero-order chi connectivity index (χ0) is 19.9. The molecule has 0 unspecified atom stereocenters. The SMILES string of the molecule is O=C(COC(=O)c1ccccc1N1CCCC1=O)NCCc1ccc(F)cc1. The molecule has 28 heavy (non-hydrogen) atoms. The molecule has 1 aliphatic rings. The lowest BCUT2D eigenvalue weighted by Gasteiger charge is -2.18. The van der Waals surface area contributed by atoms with Crippen LogP contribution in [0.5, 0.6) is 0 Å². The monoisotopic (exact) mass is 384 g/mol. The molecular formula is C21H21FN2O4. The Morgan fingerprint density at radius 2 is 1.86 bits per heavy atom. The van der Waals surface area contributed by atoms with Crippen LogP contribution in [0.2, 0.25) is 0 Å². The van der Waals surface area contributed by atoms with E-state index in [1.807, 2.05) is 0 Å². The maximum absolute atomic E-state index is 12.9. The molecule has 1 aliphatic heterocycles. The Kier molecular flexibility index (Phi) is 6.37. The third kappa shape index (κ3) is 4.94. The summed E-state index contributed by atoms with van der Waals surface area (Å²) in [7, 11) is 0. The maximum Gasteiger partial charge on any atom is 0.340 e. The summed E-state index contributed by atoms with van der Waals surface area (Å²) in [4.78, 5) is 37.8. The summed E-state index contributed by atoms with van der Waals surface area (Å²) in [6, 6.07) is 12.7. The first-order chi connectivity index (χ1) is 13.5. The molecule has 7 heteroatoms. The van der Waals surface area contributed by atoms with Gasteiger partial charge in [0.05, 0.1) is 11.3 Å². The first-order valence-corrected chi connectivity index (χ1v) is 9.12. The zero-order valence-corrected chi connectivity index (χ0v) is 15.3. The van der Waals surface area contributed by atoms with Gasteiger partial charge in [0.15, 0.2) is 6.61 Å². The fourth-order valence-electron chi connectivity index (χ4n) is 3.04. The van der Waals surface area contributed by atoms with Crippen molar-refractivity contribution in [2.75, 3.05) is 24.6 Å². The number of carbonyl (C=O) groups excluding carboxylic acids is 3. The van der Waals surface area contributed by atoms with Crippen molar-refractivity contribution in [1.82, 2.24) is 5.32 Å². The second-order valence-corrected chi connectivity index (χ2v) is 6.47. The van der Waals surface area contributed by atoms with E-state index in [9.17, 15) is 18.8 Å². The van der Waals surface area contributed by atoms with Crippen molar-refractivity contribution in [3.05, 3.63) is 65.5 Å². The molecule has 0 aliphatic carbocycles. The first-order valence-electron chi connectivity index (χ1n) is 9.12. The number of esters is 1. The molecule has 1 saturated heterocycles. The predicted octanol–water partition coefficient (Wildman–Crippen LogP) is 2.47. The molecule has 1 N–H and O–H groups in total. The van der Waals surface area contributed by atoms with E-state index in [0.717, 1.165) is 12.0 Å². The molecule has 0 aromatic heterocycles. The Balaban J connectivity index is 1.49. The van der Waals surface area contributed by atoms with Gasteiger partial charge in [0.2, 0.25) is 5.91 Å². The number of hydrogen-bond donors (Lipinski definition) is 1. The van der Waals surface area contributed by atoms with Gasteiger partial charge in [-0.25, -0.2) is 9.18 Å². The summed E-state index contributed by atoms with van der Waals surface area (Å²) in [6.07, 6.45) is 1.75. The lowest BCUT2D eigenvalue weighted by molar-refractivity contribution is -0.124. The van der Waals surface area contributed by atoms with E-state index >= 15 is 0 Å². The largest absolute Gasteiger partial charge is 0.452 e. The predicted molar refractivity (Wildman–Crippen MR) is 101 cm³/mol. The average Bonchev–Trinajstić information content (AvgIpc) is 3.13. The molecule has 6 nitrogen and oxygen atoms in total. The molecule has 1 fully saturated rings. The number of nitrogens with zero attached hydrogens (tertiary/aromatic N) is 1. The van der Waals surface area contributed by atoms with Crippen LogP contribution in [0.15, 0.2) is 48.5 Å². The van der Waals surface area contributed by atoms with Gasteiger partial charge in [0.25, 0.3) is 5.91 Å². The van der Waals surface area contributed by atoms with Crippen LogP contribution < -0.4 is 10.2 Å². The van der Waals surface area contributed by atoms with Gasteiger partial charge in [-0.05, 0) is 42.7 Å². The maximum atomic E-state index is 12.9. The number of carbonyl (C=O) groups is 3.